The average molecular weight is 299 g/mol. The summed E-state index contributed by atoms with van der Waals surface area (Å²) in [4.78, 5) is 0. The lowest BCUT2D eigenvalue weighted by molar-refractivity contribution is 0.354. The van der Waals surface area contributed by atoms with E-state index >= 15 is 0 Å². The number of rotatable bonds is 7. The summed E-state index contributed by atoms with van der Waals surface area (Å²) in [5.41, 5.74) is 7.07. The number of hydrogen-bond donors (Lipinski definition) is 1. The molecule has 20 heavy (non-hydrogen) atoms. The van der Waals surface area contributed by atoms with E-state index in [0.717, 1.165) is 5.56 Å². The fourth-order valence-electron chi connectivity index (χ4n) is 1.81. The minimum Gasteiger partial charge on any atom is -0.493 e. The second kappa shape index (κ2) is 7.64. The lowest BCUT2D eigenvalue weighted by Crippen LogP contribution is -2.26. The van der Waals surface area contributed by atoms with Gasteiger partial charge in [0.2, 0.25) is 0 Å². The van der Waals surface area contributed by atoms with Crippen LogP contribution in [0.2, 0.25) is 0 Å². The lowest BCUT2D eigenvalue weighted by atomic mass is 10.1. The molecule has 114 valence electrons. The molecule has 0 amide bonds. The molecule has 0 saturated carbocycles. The first-order valence-corrected chi connectivity index (χ1v) is 8.13. The number of benzene rings is 1. The van der Waals surface area contributed by atoms with E-state index in [9.17, 15) is 4.21 Å². The molecule has 5 heteroatoms. The molecule has 0 aliphatic heterocycles. The second-order valence-electron chi connectivity index (χ2n) is 5.22. The van der Waals surface area contributed by atoms with Crippen LogP contribution in [0.15, 0.2) is 18.2 Å². The Balaban J connectivity index is 2.82. The predicted molar refractivity (Wildman–Crippen MR) is 83.8 cm³/mol. The number of ether oxygens (including phenoxy) is 2. The van der Waals surface area contributed by atoms with E-state index in [-0.39, 0.29) is 11.3 Å². The van der Waals surface area contributed by atoms with Crippen LogP contribution in [-0.4, -0.2) is 29.4 Å². The molecule has 0 aromatic heterocycles. The van der Waals surface area contributed by atoms with Gasteiger partial charge in [-0.3, -0.25) is 4.21 Å². The SMILES string of the molecule is COc1ccc(C(N)CS(=O)C(C)C(C)C)cc1OC. The van der Waals surface area contributed by atoms with E-state index in [0.29, 0.717) is 23.2 Å². The molecule has 0 aliphatic carbocycles. The summed E-state index contributed by atoms with van der Waals surface area (Å²) in [6.45, 7) is 6.15. The van der Waals surface area contributed by atoms with Crippen molar-refractivity contribution in [1.82, 2.24) is 0 Å². The van der Waals surface area contributed by atoms with E-state index < -0.39 is 10.8 Å². The van der Waals surface area contributed by atoms with Crippen LogP contribution >= 0.6 is 0 Å². The molecule has 1 aromatic rings. The minimum absolute atomic E-state index is 0.140. The predicted octanol–water partition coefficient (Wildman–Crippen LogP) is 2.50. The summed E-state index contributed by atoms with van der Waals surface area (Å²) in [5.74, 6) is 2.14. The normalized spacial score (nSPS) is 15.8. The monoisotopic (exact) mass is 299 g/mol. The first kappa shape index (κ1) is 17.0. The average Bonchev–Trinajstić information content (AvgIpc) is 2.45. The number of methoxy groups -OCH3 is 2. The molecule has 0 spiro atoms. The van der Waals surface area contributed by atoms with E-state index in [1.165, 1.54) is 0 Å². The van der Waals surface area contributed by atoms with Gasteiger partial charge in [0.05, 0.1) is 14.2 Å². The molecule has 3 unspecified atom stereocenters. The van der Waals surface area contributed by atoms with Crippen molar-refractivity contribution in [3.05, 3.63) is 23.8 Å². The highest BCUT2D eigenvalue weighted by molar-refractivity contribution is 7.85. The maximum absolute atomic E-state index is 12.2. The first-order chi connectivity index (χ1) is 9.40. The standard InChI is InChI=1S/C15H25NO3S/c1-10(2)11(3)20(17)9-13(16)12-6-7-14(18-4)15(8-12)19-5/h6-8,10-11,13H,9,16H2,1-5H3. The van der Waals surface area contributed by atoms with Gasteiger partial charge in [0.15, 0.2) is 11.5 Å². The third kappa shape index (κ3) is 4.21. The van der Waals surface area contributed by atoms with Crippen molar-refractivity contribution in [1.29, 1.82) is 0 Å². The quantitative estimate of drug-likeness (QED) is 0.840. The summed E-state index contributed by atoms with van der Waals surface area (Å²) < 4.78 is 22.7. The molecule has 0 fully saturated rings. The van der Waals surface area contributed by atoms with Crippen LogP contribution in [0.3, 0.4) is 0 Å². The van der Waals surface area contributed by atoms with Gasteiger partial charge in [-0.15, -0.1) is 0 Å². The Bertz CT molecular complexity index is 462. The van der Waals surface area contributed by atoms with Gasteiger partial charge in [0.1, 0.15) is 0 Å². The smallest absolute Gasteiger partial charge is 0.161 e. The van der Waals surface area contributed by atoms with E-state index in [2.05, 4.69) is 13.8 Å². The zero-order chi connectivity index (χ0) is 15.3. The summed E-state index contributed by atoms with van der Waals surface area (Å²) >= 11 is 0. The maximum atomic E-state index is 12.2. The Morgan fingerprint density at radius 2 is 1.75 bits per heavy atom. The lowest BCUT2D eigenvalue weighted by Gasteiger charge is -2.19. The zero-order valence-corrected chi connectivity index (χ0v) is 13.7. The fraction of sp³-hybridized carbons (Fsp3) is 0.600. The van der Waals surface area contributed by atoms with E-state index in [1.807, 2.05) is 25.1 Å². The first-order valence-electron chi connectivity index (χ1n) is 6.75. The Hall–Kier alpha value is -1.07. The Labute approximate surface area is 124 Å². The van der Waals surface area contributed by atoms with Crippen LogP contribution in [-0.2, 0) is 10.8 Å². The van der Waals surface area contributed by atoms with Crippen molar-refractivity contribution >= 4 is 10.8 Å². The van der Waals surface area contributed by atoms with E-state index in [1.54, 1.807) is 14.2 Å². The molecule has 0 bridgehead atoms. The van der Waals surface area contributed by atoms with Gasteiger partial charge in [-0.05, 0) is 23.6 Å². The van der Waals surface area contributed by atoms with Gasteiger partial charge in [-0.1, -0.05) is 26.8 Å². The highest BCUT2D eigenvalue weighted by Gasteiger charge is 2.19. The Morgan fingerprint density at radius 1 is 1.15 bits per heavy atom. The number of hydrogen-bond acceptors (Lipinski definition) is 4. The van der Waals surface area contributed by atoms with Gasteiger partial charge in [0.25, 0.3) is 0 Å². The van der Waals surface area contributed by atoms with E-state index in [4.69, 9.17) is 15.2 Å². The molecule has 0 aliphatic rings. The Morgan fingerprint density at radius 3 is 2.25 bits per heavy atom. The third-order valence-electron chi connectivity index (χ3n) is 3.53. The van der Waals surface area contributed by atoms with Crippen molar-refractivity contribution in [2.24, 2.45) is 11.7 Å². The fourth-order valence-corrected chi connectivity index (χ4v) is 3.27. The zero-order valence-electron chi connectivity index (χ0n) is 12.9. The molecule has 1 aromatic carbocycles. The van der Waals surface area contributed by atoms with Gasteiger partial charge in [-0.25, -0.2) is 0 Å². The van der Waals surface area contributed by atoms with Crippen molar-refractivity contribution < 1.29 is 13.7 Å². The van der Waals surface area contributed by atoms with Crippen molar-refractivity contribution in [3.63, 3.8) is 0 Å². The van der Waals surface area contributed by atoms with Crippen LogP contribution in [0.1, 0.15) is 32.4 Å². The van der Waals surface area contributed by atoms with Gasteiger partial charge >= 0.3 is 0 Å². The van der Waals surface area contributed by atoms with Crippen molar-refractivity contribution in [3.8, 4) is 11.5 Å². The minimum atomic E-state index is -0.938. The van der Waals surface area contributed by atoms with Crippen LogP contribution in [0.4, 0.5) is 0 Å². The molecule has 3 atom stereocenters. The number of nitrogens with two attached hydrogens (primary N) is 1. The summed E-state index contributed by atoms with van der Waals surface area (Å²) in [6, 6.07) is 5.30. The summed E-state index contributed by atoms with van der Waals surface area (Å²) in [7, 11) is 2.25. The topological polar surface area (TPSA) is 61.5 Å². The van der Waals surface area contributed by atoms with Crippen molar-refractivity contribution in [2.75, 3.05) is 20.0 Å². The third-order valence-corrected chi connectivity index (χ3v) is 5.59. The second-order valence-corrected chi connectivity index (χ2v) is 7.06. The molecule has 0 radical (unpaired) electrons. The van der Waals surface area contributed by atoms with Gasteiger partial charge in [0, 0.05) is 27.8 Å². The van der Waals surface area contributed by atoms with Gasteiger partial charge in [-0.2, -0.15) is 0 Å². The largest absolute Gasteiger partial charge is 0.493 e. The highest BCUT2D eigenvalue weighted by Crippen LogP contribution is 2.29. The summed E-state index contributed by atoms with van der Waals surface area (Å²) in [6.07, 6.45) is 0. The van der Waals surface area contributed by atoms with Crippen molar-refractivity contribution in [2.45, 2.75) is 32.1 Å². The Kier molecular flexibility index (Phi) is 6.49. The molecule has 0 heterocycles. The molecule has 4 nitrogen and oxygen atoms in total. The molecule has 2 N–H and O–H groups in total. The van der Waals surface area contributed by atoms with Gasteiger partial charge < -0.3 is 15.2 Å². The molecule has 1 rings (SSSR count). The highest BCUT2D eigenvalue weighted by atomic mass is 32.2. The molecular weight excluding hydrogens is 274 g/mol. The maximum Gasteiger partial charge on any atom is 0.161 e. The molecular formula is C15H25NO3S. The van der Waals surface area contributed by atoms with Crippen LogP contribution in [0, 0.1) is 5.92 Å². The van der Waals surface area contributed by atoms with Crippen LogP contribution in [0.5, 0.6) is 11.5 Å². The van der Waals surface area contributed by atoms with Crippen LogP contribution in [0.25, 0.3) is 0 Å². The van der Waals surface area contributed by atoms with Crippen LogP contribution < -0.4 is 15.2 Å². The molecule has 0 saturated heterocycles. The summed E-state index contributed by atoms with van der Waals surface area (Å²) in [5, 5.41) is 0.140.